The molecule has 0 aromatic heterocycles. The van der Waals surface area contributed by atoms with Gasteiger partial charge >= 0.3 is 6.36 Å². The van der Waals surface area contributed by atoms with Crippen LogP contribution in [0.2, 0.25) is 0 Å². The van der Waals surface area contributed by atoms with Crippen molar-refractivity contribution in [1.29, 1.82) is 0 Å². The summed E-state index contributed by atoms with van der Waals surface area (Å²) in [6, 6.07) is 12.6. The van der Waals surface area contributed by atoms with Gasteiger partial charge in [0.1, 0.15) is 5.75 Å². The Morgan fingerprint density at radius 2 is 1.87 bits per heavy atom. The van der Waals surface area contributed by atoms with Crippen LogP contribution in [-0.2, 0) is 9.59 Å². The number of para-hydroxylation sites is 1. The zero-order chi connectivity index (χ0) is 21.9. The van der Waals surface area contributed by atoms with Crippen molar-refractivity contribution >= 4 is 23.2 Å². The normalized spacial score (nSPS) is 17.7. The largest absolute Gasteiger partial charge is 0.573 e. The van der Waals surface area contributed by atoms with Crippen molar-refractivity contribution in [1.82, 2.24) is 0 Å². The van der Waals surface area contributed by atoms with Gasteiger partial charge in [0.15, 0.2) is 0 Å². The predicted octanol–water partition coefficient (Wildman–Crippen LogP) is 5.09. The quantitative estimate of drug-likeness (QED) is 0.708. The number of amides is 2. The molecule has 30 heavy (non-hydrogen) atoms. The van der Waals surface area contributed by atoms with Gasteiger partial charge in [-0.15, -0.1) is 13.2 Å². The van der Waals surface area contributed by atoms with Gasteiger partial charge in [0.05, 0.1) is 5.92 Å². The van der Waals surface area contributed by atoms with Gasteiger partial charge in [-0.25, -0.2) is 0 Å². The molecule has 1 heterocycles. The van der Waals surface area contributed by atoms with Gasteiger partial charge in [0.25, 0.3) is 0 Å². The molecule has 0 unspecified atom stereocenters. The van der Waals surface area contributed by atoms with Gasteiger partial charge in [-0.1, -0.05) is 32.0 Å². The summed E-state index contributed by atoms with van der Waals surface area (Å²) in [5.41, 5.74) is 2.22. The van der Waals surface area contributed by atoms with E-state index in [4.69, 9.17) is 0 Å². The van der Waals surface area contributed by atoms with Gasteiger partial charge in [0.2, 0.25) is 11.8 Å². The zero-order valence-corrected chi connectivity index (χ0v) is 16.7. The lowest BCUT2D eigenvalue weighted by Gasteiger charge is -2.23. The molecule has 8 heteroatoms. The summed E-state index contributed by atoms with van der Waals surface area (Å²) < 4.78 is 40.5. The van der Waals surface area contributed by atoms with Gasteiger partial charge in [-0.3, -0.25) is 9.59 Å². The fourth-order valence-corrected chi connectivity index (χ4v) is 3.47. The van der Waals surface area contributed by atoms with E-state index in [1.807, 2.05) is 24.3 Å². The van der Waals surface area contributed by atoms with E-state index >= 15 is 0 Å². The smallest absolute Gasteiger partial charge is 0.406 e. The second-order valence-electron chi connectivity index (χ2n) is 7.33. The fraction of sp³-hybridized carbons (Fsp3) is 0.364. The zero-order valence-electron chi connectivity index (χ0n) is 16.7. The van der Waals surface area contributed by atoms with Gasteiger partial charge in [-0.05, 0) is 48.2 Å². The molecule has 1 N–H and O–H groups in total. The maximum Gasteiger partial charge on any atom is 0.573 e. The number of rotatable bonds is 6. The molecule has 1 saturated heterocycles. The summed E-state index contributed by atoms with van der Waals surface area (Å²) in [7, 11) is 0. The highest BCUT2D eigenvalue weighted by Crippen LogP contribution is 2.34. The molecule has 0 aliphatic carbocycles. The molecule has 0 spiro atoms. The van der Waals surface area contributed by atoms with E-state index in [1.54, 1.807) is 4.90 Å². The van der Waals surface area contributed by atoms with Crippen LogP contribution in [0.15, 0.2) is 48.5 Å². The maximum absolute atomic E-state index is 12.6. The Morgan fingerprint density at radius 1 is 1.20 bits per heavy atom. The molecule has 5 nitrogen and oxygen atoms in total. The van der Waals surface area contributed by atoms with E-state index in [2.05, 4.69) is 23.9 Å². The molecule has 0 saturated carbocycles. The number of alkyl halides is 3. The van der Waals surface area contributed by atoms with Crippen LogP contribution in [0.4, 0.5) is 24.5 Å². The molecule has 160 valence electrons. The maximum atomic E-state index is 12.6. The van der Waals surface area contributed by atoms with E-state index in [9.17, 15) is 22.8 Å². The minimum atomic E-state index is -4.77. The van der Waals surface area contributed by atoms with Crippen molar-refractivity contribution in [3.8, 4) is 5.75 Å². The SMILES string of the molecule is CC[C@@H](C)c1ccccc1N1C[C@H](C(=O)Nc2ccc(OC(F)(F)F)cc2)CC1=O. The number of hydrogen-bond acceptors (Lipinski definition) is 3. The Bertz CT molecular complexity index is 913. The number of ether oxygens (including phenoxy) is 1. The van der Waals surface area contributed by atoms with E-state index in [-0.39, 0.29) is 36.4 Å². The molecule has 0 bridgehead atoms. The monoisotopic (exact) mass is 420 g/mol. The number of nitrogens with zero attached hydrogens (tertiary/aromatic N) is 1. The molecule has 2 amide bonds. The topological polar surface area (TPSA) is 58.6 Å². The second kappa shape index (κ2) is 8.77. The lowest BCUT2D eigenvalue weighted by molar-refractivity contribution is -0.274. The second-order valence-corrected chi connectivity index (χ2v) is 7.33. The first-order valence-corrected chi connectivity index (χ1v) is 9.74. The van der Waals surface area contributed by atoms with Crippen LogP contribution in [0, 0.1) is 5.92 Å². The van der Waals surface area contributed by atoms with Crippen LogP contribution in [0.25, 0.3) is 0 Å². The third kappa shape index (κ3) is 5.11. The van der Waals surface area contributed by atoms with Crippen molar-refractivity contribution in [3.63, 3.8) is 0 Å². The number of carbonyl (C=O) groups is 2. The van der Waals surface area contributed by atoms with Crippen molar-refractivity contribution in [2.24, 2.45) is 5.92 Å². The molecular weight excluding hydrogens is 397 g/mol. The van der Waals surface area contributed by atoms with E-state index in [0.29, 0.717) is 5.69 Å². The Kier molecular flexibility index (Phi) is 6.34. The Labute approximate surface area is 172 Å². The van der Waals surface area contributed by atoms with Crippen LogP contribution in [0.5, 0.6) is 5.75 Å². The van der Waals surface area contributed by atoms with Crippen molar-refractivity contribution in [2.45, 2.75) is 39.0 Å². The molecular formula is C22H23F3N2O3. The first kappa shape index (κ1) is 21.7. The van der Waals surface area contributed by atoms with Crippen LogP contribution < -0.4 is 15.0 Å². The molecule has 2 aromatic carbocycles. The highest BCUT2D eigenvalue weighted by molar-refractivity contribution is 6.03. The Balaban J connectivity index is 1.67. The summed E-state index contributed by atoms with van der Waals surface area (Å²) in [6.07, 6.45) is -3.77. The van der Waals surface area contributed by atoms with E-state index < -0.39 is 12.3 Å². The Hall–Kier alpha value is -3.03. The first-order chi connectivity index (χ1) is 14.2. The van der Waals surface area contributed by atoms with E-state index in [0.717, 1.165) is 29.8 Å². The van der Waals surface area contributed by atoms with Crippen LogP contribution in [-0.4, -0.2) is 24.7 Å². The summed E-state index contributed by atoms with van der Waals surface area (Å²) >= 11 is 0. The minimum Gasteiger partial charge on any atom is -0.406 e. The predicted molar refractivity (Wildman–Crippen MR) is 107 cm³/mol. The summed E-state index contributed by atoms with van der Waals surface area (Å²) in [4.78, 5) is 26.9. The van der Waals surface area contributed by atoms with Crippen molar-refractivity contribution in [2.75, 3.05) is 16.8 Å². The van der Waals surface area contributed by atoms with Gasteiger partial charge in [-0.2, -0.15) is 0 Å². The summed E-state index contributed by atoms with van der Waals surface area (Å²) in [5, 5.41) is 2.66. The fourth-order valence-electron chi connectivity index (χ4n) is 3.47. The third-order valence-corrected chi connectivity index (χ3v) is 5.22. The number of halogens is 3. The Morgan fingerprint density at radius 3 is 2.50 bits per heavy atom. The lowest BCUT2D eigenvalue weighted by atomic mass is 9.96. The standard InChI is InChI=1S/C22H23F3N2O3/c1-3-14(2)18-6-4-5-7-19(18)27-13-15(12-20(27)28)21(29)26-16-8-10-17(11-9-16)30-22(23,24)25/h4-11,14-15H,3,12-13H2,1-2H3,(H,26,29)/t14-,15-/m1/s1. The lowest BCUT2D eigenvalue weighted by Crippen LogP contribution is -2.29. The first-order valence-electron chi connectivity index (χ1n) is 9.74. The molecule has 1 aliphatic rings. The molecule has 1 aliphatic heterocycles. The van der Waals surface area contributed by atoms with Crippen molar-refractivity contribution < 1.29 is 27.5 Å². The third-order valence-electron chi connectivity index (χ3n) is 5.22. The number of anilines is 2. The minimum absolute atomic E-state index is 0.0793. The molecule has 2 atom stereocenters. The number of benzene rings is 2. The van der Waals surface area contributed by atoms with Gasteiger partial charge < -0.3 is 15.0 Å². The van der Waals surface area contributed by atoms with Crippen LogP contribution in [0.1, 0.15) is 38.2 Å². The van der Waals surface area contributed by atoms with E-state index in [1.165, 1.54) is 12.1 Å². The number of carbonyl (C=O) groups excluding carboxylic acids is 2. The summed E-state index contributed by atoms with van der Waals surface area (Å²) in [5.74, 6) is -1.12. The molecule has 2 aromatic rings. The van der Waals surface area contributed by atoms with Crippen LogP contribution in [0.3, 0.4) is 0 Å². The summed E-state index contributed by atoms with van der Waals surface area (Å²) in [6.45, 7) is 4.43. The highest BCUT2D eigenvalue weighted by Gasteiger charge is 2.36. The average molecular weight is 420 g/mol. The van der Waals surface area contributed by atoms with Crippen LogP contribution >= 0.6 is 0 Å². The van der Waals surface area contributed by atoms with Crippen molar-refractivity contribution in [3.05, 3.63) is 54.1 Å². The number of nitrogens with one attached hydrogen (secondary N) is 1. The van der Waals surface area contributed by atoms with Gasteiger partial charge in [0, 0.05) is 24.3 Å². The number of hydrogen-bond donors (Lipinski definition) is 1. The molecule has 1 fully saturated rings. The molecule has 0 radical (unpaired) electrons. The average Bonchev–Trinajstić information content (AvgIpc) is 3.09. The molecule has 3 rings (SSSR count). The highest BCUT2D eigenvalue weighted by atomic mass is 19.4.